The minimum atomic E-state index is -0.410. The van der Waals surface area contributed by atoms with E-state index < -0.39 is 5.97 Å². The fourth-order valence-corrected chi connectivity index (χ4v) is 1.08. The van der Waals surface area contributed by atoms with Crippen molar-refractivity contribution in [2.45, 2.75) is 12.5 Å². The van der Waals surface area contributed by atoms with Crippen molar-refractivity contribution in [3.05, 3.63) is 37.0 Å². The lowest BCUT2D eigenvalue weighted by atomic mass is 10.1. The van der Waals surface area contributed by atoms with Crippen LogP contribution in [0.1, 0.15) is 6.42 Å². The molecule has 0 radical (unpaired) electrons. The quantitative estimate of drug-likeness (QED) is 0.379. The van der Waals surface area contributed by atoms with E-state index in [2.05, 4.69) is 6.58 Å². The lowest BCUT2D eigenvalue weighted by Gasteiger charge is -2.13. The Balaban J connectivity index is 2.04. The van der Waals surface area contributed by atoms with Gasteiger partial charge in [0.1, 0.15) is 6.61 Å². The molecule has 0 spiro atoms. The highest BCUT2D eigenvalue weighted by Gasteiger charge is 2.04. The highest BCUT2D eigenvalue weighted by atomic mass is 16.6. The molecule has 0 aromatic carbocycles. The number of carbonyl (C=O) groups excluding carboxylic acids is 1. The van der Waals surface area contributed by atoms with Crippen LogP contribution in [0, 0.1) is 0 Å². The van der Waals surface area contributed by atoms with Gasteiger partial charge in [-0.05, 0) is 6.42 Å². The van der Waals surface area contributed by atoms with Crippen LogP contribution in [0.3, 0.4) is 0 Å². The minimum Gasteiger partial charge on any atom is -0.460 e. The monoisotopic (exact) mass is 194 g/mol. The molecule has 1 unspecified atom stereocenters. The summed E-state index contributed by atoms with van der Waals surface area (Å²) in [7, 11) is 0. The highest BCUT2D eigenvalue weighted by Crippen LogP contribution is 2.06. The third kappa shape index (κ3) is 4.05. The van der Waals surface area contributed by atoms with Gasteiger partial charge in [0.25, 0.3) is 0 Å². The third-order valence-corrected chi connectivity index (χ3v) is 1.77. The van der Waals surface area contributed by atoms with Crippen LogP contribution in [0.15, 0.2) is 37.0 Å². The molecule has 0 heterocycles. The van der Waals surface area contributed by atoms with Crippen molar-refractivity contribution >= 4 is 5.97 Å². The predicted octanol–water partition coefficient (Wildman–Crippen LogP) is 1.62. The smallest absolute Gasteiger partial charge is 0.330 e. The van der Waals surface area contributed by atoms with Crippen LogP contribution in [-0.2, 0) is 14.3 Å². The Morgan fingerprint density at radius 3 is 3.00 bits per heavy atom. The van der Waals surface area contributed by atoms with E-state index in [9.17, 15) is 4.79 Å². The molecule has 76 valence electrons. The van der Waals surface area contributed by atoms with Crippen LogP contribution in [0.2, 0.25) is 0 Å². The van der Waals surface area contributed by atoms with Gasteiger partial charge in [-0.2, -0.15) is 0 Å². The molecule has 3 heteroatoms. The van der Waals surface area contributed by atoms with Crippen LogP contribution in [0.25, 0.3) is 0 Å². The van der Waals surface area contributed by atoms with Crippen molar-refractivity contribution in [3.8, 4) is 0 Å². The van der Waals surface area contributed by atoms with Gasteiger partial charge in [-0.25, -0.2) is 4.79 Å². The van der Waals surface area contributed by atoms with Crippen molar-refractivity contribution in [2.24, 2.45) is 0 Å². The van der Waals surface area contributed by atoms with Gasteiger partial charge in [0.05, 0.1) is 12.7 Å². The number of esters is 1. The summed E-state index contributed by atoms with van der Waals surface area (Å²) in [6, 6.07) is 0. The van der Waals surface area contributed by atoms with Gasteiger partial charge >= 0.3 is 5.97 Å². The van der Waals surface area contributed by atoms with Crippen molar-refractivity contribution in [1.82, 2.24) is 0 Å². The van der Waals surface area contributed by atoms with Gasteiger partial charge in [-0.15, -0.1) is 0 Å². The molecule has 0 bridgehead atoms. The third-order valence-electron chi connectivity index (χ3n) is 1.77. The van der Waals surface area contributed by atoms with Crippen LogP contribution in [-0.4, -0.2) is 25.3 Å². The Morgan fingerprint density at radius 2 is 2.36 bits per heavy atom. The minimum absolute atomic E-state index is 0.113. The maximum atomic E-state index is 10.6. The van der Waals surface area contributed by atoms with E-state index in [0.717, 1.165) is 12.5 Å². The molecule has 1 aliphatic carbocycles. The average molecular weight is 194 g/mol. The molecule has 1 aliphatic rings. The normalized spacial score (nSPS) is 19.3. The van der Waals surface area contributed by atoms with Gasteiger partial charge in [0.2, 0.25) is 0 Å². The first kappa shape index (κ1) is 10.7. The van der Waals surface area contributed by atoms with E-state index in [1.807, 2.05) is 24.3 Å². The predicted molar refractivity (Wildman–Crippen MR) is 53.8 cm³/mol. The average Bonchev–Trinajstić information content (AvgIpc) is 2.25. The molecule has 3 nitrogen and oxygen atoms in total. The zero-order valence-corrected chi connectivity index (χ0v) is 8.02. The second-order valence-electron chi connectivity index (χ2n) is 2.83. The fraction of sp³-hybridized carbons (Fsp3) is 0.364. The Hall–Kier alpha value is -1.35. The number of rotatable bonds is 5. The van der Waals surface area contributed by atoms with Crippen molar-refractivity contribution in [3.63, 3.8) is 0 Å². The summed E-state index contributed by atoms with van der Waals surface area (Å²) in [4.78, 5) is 10.6. The zero-order valence-electron chi connectivity index (χ0n) is 8.02. The Morgan fingerprint density at radius 1 is 1.50 bits per heavy atom. The summed E-state index contributed by atoms with van der Waals surface area (Å²) < 4.78 is 10.2. The van der Waals surface area contributed by atoms with Gasteiger partial charge in [-0.1, -0.05) is 30.9 Å². The van der Waals surface area contributed by atoms with Crippen LogP contribution >= 0.6 is 0 Å². The van der Waals surface area contributed by atoms with Crippen molar-refractivity contribution in [1.29, 1.82) is 0 Å². The number of allylic oxidation sites excluding steroid dienone is 2. The topological polar surface area (TPSA) is 35.5 Å². The number of hydrogen-bond acceptors (Lipinski definition) is 3. The first-order valence-corrected chi connectivity index (χ1v) is 4.57. The molecular formula is C11H14O3. The van der Waals surface area contributed by atoms with E-state index >= 15 is 0 Å². The Labute approximate surface area is 83.7 Å². The molecule has 14 heavy (non-hydrogen) atoms. The zero-order chi connectivity index (χ0) is 10.2. The summed E-state index contributed by atoms with van der Waals surface area (Å²) >= 11 is 0. The molecule has 0 aromatic rings. The second-order valence-corrected chi connectivity index (χ2v) is 2.83. The lowest BCUT2D eigenvalue weighted by Crippen LogP contribution is -2.15. The largest absolute Gasteiger partial charge is 0.460 e. The highest BCUT2D eigenvalue weighted by molar-refractivity contribution is 5.81. The summed E-state index contributed by atoms with van der Waals surface area (Å²) in [5, 5.41) is 0. The molecule has 0 aliphatic heterocycles. The van der Waals surface area contributed by atoms with E-state index in [4.69, 9.17) is 9.47 Å². The number of hydrogen-bond donors (Lipinski definition) is 0. The maximum absolute atomic E-state index is 10.6. The van der Waals surface area contributed by atoms with Crippen LogP contribution in [0.5, 0.6) is 0 Å². The molecule has 0 amide bonds. The molecule has 0 fully saturated rings. The molecule has 1 rings (SSSR count). The molecular weight excluding hydrogens is 180 g/mol. The number of carbonyl (C=O) groups is 1. The summed E-state index contributed by atoms with van der Waals surface area (Å²) in [5.74, 6) is -0.410. The lowest BCUT2D eigenvalue weighted by molar-refractivity contribution is -0.139. The summed E-state index contributed by atoms with van der Waals surface area (Å²) in [5.41, 5.74) is 0. The summed E-state index contributed by atoms with van der Waals surface area (Å²) in [6.07, 6.45) is 10.1. The van der Waals surface area contributed by atoms with Crippen molar-refractivity contribution in [2.75, 3.05) is 13.2 Å². The Bertz CT molecular complexity index is 253. The Kier molecular flexibility index (Phi) is 4.72. The fourth-order valence-electron chi connectivity index (χ4n) is 1.08. The molecule has 0 saturated carbocycles. The molecule has 0 aromatic heterocycles. The second kappa shape index (κ2) is 6.16. The first-order valence-electron chi connectivity index (χ1n) is 4.57. The van der Waals surface area contributed by atoms with Crippen molar-refractivity contribution < 1.29 is 14.3 Å². The van der Waals surface area contributed by atoms with Crippen LogP contribution < -0.4 is 0 Å². The SMILES string of the molecule is C=CC(=O)OCCOC1C=CC=CC1. The van der Waals surface area contributed by atoms with Crippen LogP contribution in [0.4, 0.5) is 0 Å². The van der Waals surface area contributed by atoms with Gasteiger partial charge in [0.15, 0.2) is 0 Å². The van der Waals surface area contributed by atoms with E-state index in [1.165, 1.54) is 0 Å². The number of ether oxygens (including phenoxy) is 2. The first-order chi connectivity index (χ1) is 6.83. The molecule has 1 atom stereocenters. The van der Waals surface area contributed by atoms with E-state index in [1.54, 1.807) is 0 Å². The van der Waals surface area contributed by atoms with Gasteiger partial charge in [0, 0.05) is 6.08 Å². The molecule has 0 N–H and O–H groups in total. The standard InChI is InChI=1S/C11H14O3/c1-2-11(12)14-9-8-13-10-6-4-3-5-7-10/h2-6,10H,1,7-9H2. The van der Waals surface area contributed by atoms with E-state index in [0.29, 0.717) is 6.61 Å². The van der Waals surface area contributed by atoms with Gasteiger partial charge in [-0.3, -0.25) is 0 Å². The maximum Gasteiger partial charge on any atom is 0.330 e. The van der Waals surface area contributed by atoms with E-state index in [-0.39, 0.29) is 12.7 Å². The summed E-state index contributed by atoms with van der Waals surface area (Å²) in [6.45, 7) is 3.99. The van der Waals surface area contributed by atoms with Gasteiger partial charge < -0.3 is 9.47 Å². The molecule has 0 saturated heterocycles.